The minimum Gasteiger partial charge on any atom is -0.480 e. The van der Waals surface area contributed by atoms with Gasteiger partial charge < -0.3 is 20.3 Å². The van der Waals surface area contributed by atoms with Gasteiger partial charge in [-0.25, -0.2) is 0 Å². The quantitative estimate of drug-likeness (QED) is 0.234. The molecule has 0 bridgehead atoms. The van der Waals surface area contributed by atoms with E-state index in [0.29, 0.717) is 42.6 Å². The van der Waals surface area contributed by atoms with Gasteiger partial charge >= 0.3 is 24.1 Å². The zero-order valence-electron chi connectivity index (χ0n) is 22.8. The second kappa shape index (κ2) is 13.1. The summed E-state index contributed by atoms with van der Waals surface area (Å²) in [5.41, 5.74) is -2.00. The summed E-state index contributed by atoms with van der Waals surface area (Å²) in [7, 11) is 0. The Balaban J connectivity index is 1.32. The van der Waals surface area contributed by atoms with Crippen LogP contribution in [0.5, 0.6) is 0 Å². The number of carbonyl (C=O) groups is 4. The van der Waals surface area contributed by atoms with Crippen LogP contribution in [0, 0.1) is 0 Å². The van der Waals surface area contributed by atoms with E-state index in [-0.39, 0.29) is 24.1 Å². The van der Waals surface area contributed by atoms with Crippen molar-refractivity contribution in [1.82, 2.24) is 10.2 Å². The molecule has 0 radical (unpaired) electrons. The summed E-state index contributed by atoms with van der Waals surface area (Å²) in [5.74, 6) is -4.48. The first-order valence-corrected chi connectivity index (χ1v) is 13.4. The Morgan fingerprint density at radius 2 is 1.40 bits per heavy atom. The van der Waals surface area contributed by atoms with Gasteiger partial charge in [0.1, 0.15) is 6.61 Å². The van der Waals surface area contributed by atoms with Crippen molar-refractivity contribution >= 4 is 23.8 Å². The van der Waals surface area contributed by atoms with Crippen LogP contribution in [0.25, 0.3) is 11.1 Å². The molecule has 1 aliphatic heterocycles. The average molecular weight is 599 g/mol. The van der Waals surface area contributed by atoms with Crippen LogP contribution >= 0.6 is 0 Å². The summed E-state index contributed by atoms with van der Waals surface area (Å²) >= 11 is 0. The summed E-state index contributed by atoms with van der Waals surface area (Å²) in [6.45, 7) is -0.266. The number of hydrogen-bond acceptors (Lipinski definition) is 6. The van der Waals surface area contributed by atoms with Gasteiger partial charge in [0.05, 0.1) is 12.1 Å². The molecule has 0 saturated carbocycles. The third-order valence-electron chi connectivity index (χ3n) is 7.42. The Bertz CT molecular complexity index is 1450. The number of hydrogen-bond donors (Lipinski definition) is 3. The van der Waals surface area contributed by atoms with E-state index >= 15 is 0 Å². The number of aliphatic carboxylic acids is 2. The fourth-order valence-electron chi connectivity index (χ4n) is 4.96. The highest BCUT2D eigenvalue weighted by Crippen LogP contribution is 2.32. The zero-order valence-corrected chi connectivity index (χ0v) is 22.8. The molecule has 0 aliphatic carbocycles. The zero-order chi connectivity index (χ0) is 31.2. The summed E-state index contributed by atoms with van der Waals surface area (Å²) < 4.78 is 44.0. The number of nitrogens with zero attached hydrogens (tertiary/aromatic N) is 1. The molecule has 3 N–H and O–H groups in total. The molecule has 0 aromatic heterocycles. The standard InChI is InChI=1S/C31H29F3N2O7/c32-31(33,34)22-12-10-20(11-13-22)24-8-4-5-9-25(24)27(38)35-23-14-16-36(17-15-23)18-26(37)43-19-30(28(39)40,29(41)42)21-6-2-1-3-7-21/h1-13,23H,14-19H2,(H,35,38)(H,39,40)(H,41,42). The molecule has 3 aromatic rings. The van der Waals surface area contributed by atoms with E-state index < -0.39 is 41.7 Å². The molecule has 0 unspecified atom stereocenters. The van der Waals surface area contributed by atoms with Gasteiger partial charge in [0, 0.05) is 24.7 Å². The molecule has 0 atom stereocenters. The molecule has 226 valence electrons. The summed E-state index contributed by atoms with van der Waals surface area (Å²) in [5, 5.41) is 22.4. The van der Waals surface area contributed by atoms with Crippen LogP contribution in [0.4, 0.5) is 13.2 Å². The average Bonchev–Trinajstić information content (AvgIpc) is 2.98. The fourth-order valence-corrected chi connectivity index (χ4v) is 4.96. The maximum atomic E-state index is 13.1. The van der Waals surface area contributed by atoms with Gasteiger partial charge in [-0.3, -0.25) is 24.1 Å². The molecule has 1 saturated heterocycles. The number of benzene rings is 3. The molecule has 43 heavy (non-hydrogen) atoms. The first-order valence-electron chi connectivity index (χ1n) is 13.4. The second-order valence-corrected chi connectivity index (χ2v) is 10.2. The molecule has 3 aromatic carbocycles. The highest BCUT2D eigenvalue weighted by Gasteiger charge is 2.50. The first-order chi connectivity index (χ1) is 20.4. The Kier molecular flexibility index (Phi) is 9.50. The molecule has 1 fully saturated rings. The van der Waals surface area contributed by atoms with Gasteiger partial charge in [-0.05, 0) is 47.7 Å². The number of carbonyl (C=O) groups excluding carboxylic acids is 2. The lowest BCUT2D eigenvalue weighted by Gasteiger charge is -2.32. The molecule has 0 spiro atoms. The Labute approximate surface area is 244 Å². The Morgan fingerprint density at radius 3 is 1.98 bits per heavy atom. The number of alkyl halides is 3. The van der Waals surface area contributed by atoms with E-state index in [4.69, 9.17) is 4.74 Å². The van der Waals surface area contributed by atoms with Gasteiger partial charge in [0.15, 0.2) is 0 Å². The van der Waals surface area contributed by atoms with E-state index in [1.54, 1.807) is 35.2 Å². The molecular formula is C31H29F3N2O7. The maximum Gasteiger partial charge on any atom is 0.416 e. The van der Waals surface area contributed by atoms with Gasteiger partial charge in [0.25, 0.3) is 5.91 Å². The van der Waals surface area contributed by atoms with Crippen LogP contribution in [-0.4, -0.2) is 71.2 Å². The number of piperidine rings is 1. The summed E-state index contributed by atoms with van der Waals surface area (Å²) in [4.78, 5) is 51.4. The smallest absolute Gasteiger partial charge is 0.416 e. The highest BCUT2D eigenvalue weighted by atomic mass is 19.4. The summed E-state index contributed by atoms with van der Waals surface area (Å²) in [6, 6.07) is 18.2. The van der Waals surface area contributed by atoms with Crippen molar-refractivity contribution in [2.45, 2.75) is 30.5 Å². The number of carboxylic acid groups (broad SMARTS) is 2. The molecule has 12 heteroatoms. The minimum absolute atomic E-state index is 0.0285. The topological polar surface area (TPSA) is 133 Å². The van der Waals surface area contributed by atoms with Gasteiger partial charge in [-0.1, -0.05) is 60.7 Å². The van der Waals surface area contributed by atoms with Crippen molar-refractivity contribution in [2.75, 3.05) is 26.2 Å². The van der Waals surface area contributed by atoms with Crippen LogP contribution in [0.1, 0.15) is 34.3 Å². The predicted molar refractivity (Wildman–Crippen MR) is 148 cm³/mol. The monoisotopic (exact) mass is 598 g/mol. The van der Waals surface area contributed by atoms with Crippen molar-refractivity contribution in [3.05, 3.63) is 95.6 Å². The second-order valence-electron chi connectivity index (χ2n) is 10.2. The van der Waals surface area contributed by atoms with Gasteiger partial charge in [-0.2, -0.15) is 13.2 Å². The lowest BCUT2D eigenvalue weighted by atomic mass is 9.81. The number of amides is 1. The summed E-state index contributed by atoms with van der Waals surface area (Å²) in [6.07, 6.45) is -3.50. The number of ether oxygens (including phenoxy) is 1. The number of halogens is 3. The van der Waals surface area contributed by atoms with E-state index in [1.165, 1.54) is 36.4 Å². The SMILES string of the molecule is O=C(CN1CCC(NC(=O)c2ccccc2-c2ccc(C(F)(F)F)cc2)CC1)OCC(C(=O)O)(C(=O)O)c1ccccc1. The largest absolute Gasteiger partial charge is 0.480 e. The minimum atomic E-state index is -4.47. The van der Waals surface area contributed by atoms with E-state index in [9.17, 15) is 42.6 Å². The van der Waals surface area contributed by atoms with Crippen molar-refractivity contribution in [1.29, 1.82) is 0 Å². The van der Waals surface area contributed by atoms with Crippen LogP contribution in [-0.2, 0) is 30.7 Å². The third kappa shape index (κ3) is 7.20. The van der Waals surface area contributed by atoms with Gasteiger partial charge in [-0.15, -0.1) is 0 Å². The van der Waals surface area contributed by atoms with Crippen LogP contribution in [0.3, 0.4) is 0 Å². The molecular weight excluding hydrogens is 569 g/mol. The molecule has 9 nitrogen and oxygen atoms in total. The van der Waals surface area contributed by atoms with Crippen LogP contribution < -0.4 is 5.32 Å². The normalized spacial score (nSPS) is 14.6. The maximum absolute atomic E-state index is 13.1. The number of esters is 1. The van der Waals surface area contributed by atoms with Crippen molar-refractivity contribution in [3.8, 4) is 11.1 Å². The Morgan fingerprint density at radius 1 is 0.814 bits per heavy atom. The molecule has 4 rings (SSSR count). The van der Waals surface area contributed by atoms with E-state index in [1.807, 2.05) is 0 Å². The lowest BCUT2D eigenvalue weighted by molar-refractivity contribution is -0.164. The number of nitrogens with one attached hydrogen (secondary N) is 1. The van der Waals surface area contributed by atoms with Gasteiger partial charge in [0.2, 0.25) is 5.41 Å². The van der Waals surface area contributed by atoms with Crippen molar-refractivity contribution in [3.63, 3.8) is 0 Å². The first kappa shape index (κ1) is 31.2. The van der Waals surface area contributed by atoms with Crippen LogP contribution in [0.15, 0.2) is 78.9 Å². The molecule has 1 heterocycles. The number of carboxylic acids is 2. The predicted octanol–water partition coefficient (Wildman–Crippen LogP) is 4.22. The lowest BCUT2D eigenvalue weighted by Crippen LogP contribution is -2.49. The van der Waals surface area contributed by atoms with E-state index in [0.717, 1.165) is 12.1 Å². The number of likely N-dealkylation sites (tertiary alicyclic amines) is 1. The highest BCUT2D eigenvalue weighted by molar-refractivity contribution is 6.05. The molecule has 1 aliphatic rings. The van der Waals surface area contributed by atoms with E-state index in [2.05, 4.69) is 5.32 Å². The molecule has 1 amide bonds. The number of rotatable bonds is 10. The van der Waals surface area contributed by atoms with Crippen LogP contribution in [0.2, 0.25) is 0 Å². The van der Waals surface area contributed by atoms with Crippen molar-refractivity contribution in [2.24, 2.45) is 0 Å². The van der Waals surface area contributed by atoms with Crippen molar-refractivity contribution < 1.29 is 47.3 Å². The fraction of sp³-hybridized carbons (Fsp3) is 0.290. The third-order valence-corrected chi connectivity index (χ3v) is 7.42. The Hall–Kier alpha value is -4.71.